The smallest absolute Gasteiger partial charge is 0.122 e. The van der Waals surface area contributed by atoms with E-state index in [9.17, 15) is 5.11 Å². The second kappa shape index (κ2) is 16.5. The second-order valence-electron chi connectivity index (χ2n) is 12.7. The zero-order valence-corrected chi connectivity index (χ0v) is 28.3. The number of ether oxygens (including phenoxy) is 5. The average molecular weight is 627 g/mol. The van der Waals surface area contributed by atoms with Crippen molar-refractivity contribution in [3.05, 3.63) is 119 Å². The Balaban J connectivity index is 1.24. The Kier molecular flexibility index (Phi) is 12.5. The van der Waals surface area contributed by atoms with Crippen molar-refractivity contribution in [1.29, 1.82) is 0 Å². The molecule has 4 aromatic carbocycles. The number of rotatable bonds is 18. The number of methoxy groups -OCH3 is 1. The van der Waals surface area contributed by atoms with Gasteiger partial charge >= 0.3 is 0 Å². The summed E-state index contributed by atoms with van der Waals surface area (Å²) in [4.78, 5) is 0. The van der Waals surface area contributed by atoms with E-state index in [4.69, 9.17) is 23.7 Å². The van der Waals surface area contributed by atoms with Crippen LogP contribution in [-0.2, 0) is 15.6 Å². The van der Waals surface area contributed by atoms with Gasteiger partial charge in [0.25, 0.3) is 0 Å². The average Bonchev–Trinajstić information content (AvgIpc) is 3.07. The number of unbranched alkanes of at least 4 members (excludes halogenated alkanes) is 1. The molecule has 0 aliphatic heterocycles. The molecule has 0 amide bonds. The lowest BCUT2D eigenvalue weighted by atomic mass is 9.78. The van der Waals surface area contributed by atoms with Crippen LogP contribution in [0, 0.1) is 0 Å². The highest BCUT2D eigenvalue weighted by Gasteiger charge is 2.24. The van der Waals surface area contributed by atoms with Crippen LogP contribution in [0.25, 0.3) is 0 Å². The van der Waals surface area contributed by atoms with Crippen molar-refractivity contribution in [2.75, 3.05) is 40.1 Å². The molecule has 1 atom stereocenters. The number of hydrogen-bond acceptors (Lipinski definition) is 6. The highest BCUT2D eigenvalue weighted by molar-refractivity contribution is 5.43. The van der Waals surface area contributed by atoms with E-state index in [2.05, 4.69) is 83.1 Å². The fourth-order valence-corrected chi connectivity index (χ4v) is 5.21. The Morgan fingerprint density at radius 1 is 0.500 bits per heavy atom. The standard InChI is InChI=1S/C40H50O6/c1-7-8-25-43-35-17-9-30(10-18-35)39(2,3)32-13-21-37(22-14-32)45-28-34(41)29-46-38-23-15-33(16-24-38)40(4,5)31-11-19-36(20-12-31)44-27-26-42-6/h9-24,34,41H,7-8,25-29H2,1-6H3. The summed E-state index contributed by atoms with van der Waals surface area (Å²) in [5, 5.41) is 10.5. The lowest BCUT2D eigenvalue weighted by molar-refractivity contribution is 0.0626. The van der Waals surface area contributed by atoms with E-state index in [0.29, 0.717) is 24.7 Å². The molecule has 0 aliphatic carbocycles. The van der Waals surface area contributed by atoms with Crippen molar-refractivity contribution in [2.45, 2.75) is 64.4 Å². The highest BCUT2D eigenvalue weighted by Crippen LogP contribution is 2.35. The van der Waals surface area contributed by atoms with Crippen LogP contribution in [0.5, 0.6) is 23.0 Å². The molecule has 0 aromatic heterocycles. The van der Waals surface area contributed by atoms with Crippen LogP contribution in [0.15, 0.2) is 97.1 Å². The molecule has 0 heterocycles. The van der Waals surface area contributed by atoms with Crippen molar-refractivity contribution in [2.24, 2.45) is 0 Å². The summed E-state index contributed by atoms with van der Waals surface area (Å²) in [5.74, 6) is 3.14. The van der Waals surface area contributed by atoms with Gasteiger partial charge in [-0.1, -0.05) is 89.6 Å². The van der Waals surface area contributed by atoms with Crippen LogP contribution in [0.2, 0.25) is 0 Å². The van der Waals surface area contributed by atoms with E-state index in [0.717, 1.165) is 36.5 Å². The summed E-state index contributed by atoms with van der Waals surface area (Å²) in [6.45, 7) is 13.1. The molecule has 0 fully saturated rings. The Labute approximate surface area is 275 Å². The zero-order valence-electron chi connectivity index (χ0n) is 28.3. The number of aliphatic hydroxyl groups is 1. The lowest BCUT2D eigenvalue weighted by Crippen LogP contribution is -2.25. The van der Waals surface area contributed by atoms with Gasteiger partial charge in [-0.15, -0.1) is 0 Å². The molecule has 4 rings (SSSR count). The molecule has 0 saturated carbocycles. The van der Waals surface area contributed by atoms with Crippen molar-refractivity contribution >= 4 is 0 Å². The molecule has 0 bridgehead atoms. The van der Waals surface area contributed by atoms with Crippen molar-refractivity contribution in [3.63, 3.8) is 0 Å². The van der Waals surface area contributed by atoms with Crippen molar-refractivity contribution < 1.29 is 28.8 Å². The van der Waals surface area contributed by atoms with Gasteiger partial charge in [-0.25, -0.2) is 0 Å². The van der Waals surface area contributed by atoms with Gasteiger partial charge in [0, 0.05) is 17.9 Å². The van der Waals surface area contributed by atoms with Gasteiger partial charge in [-0.3, -0.25) is 0 Å². The van der Waals surface area contributed by atoms with Gasteiger partial charge in [-0.2, -0.15) is 0 Å². The van der Waals surface area contributed by atoms with Crippen LogP contribution in [0.4, 0.5) is 0 Å². The second-order valence-corrected chi connectivity index (χ2v) is 12.7. The number of hydrogen-bond donors (Lipinski definition) is 1. The third-order valence-electron chi connectivity index (χ3n) is 8.51. The lowest BCUT2D eigenvalue weighted by Gasteiger charge is -2.27. The maximum Gasteiger partial charge on any atom is 0.122 e. The normalized spacial score (nSPS) is 12.4. The molecule has 4 aromatic rings. The third-order valence-corrected chi connectivity index (χ3v) is 8.51. The van der Waals surface area contributed by atoms with Gasteiger partial charge in [0.2, 0.25) is 0 Å². The Morgan fingerprint density at radius 2 is 0.826 bits per heavy atom. The maximum atomic E-state index is 10.5. The molecule has 0 saturated heterocycles. The van der Waals surface area contributed by atoms with Crippen LogP contribution in [-0.4, -0.2) is 51.4 Å². The SMILES string of the molecule is CCCCOc1ccc(C(C)(C)c2ccc(OCC(O)COc3ccc(C(C)(C)c4ccc(OCCOC)cc4)cc3)cc2)cc1. The van der Waals surface area contributed by atoms with Crippen LogP contribution in [0.1, 0.15) is 69.7 Å². The first-order valence-corrected chi connectivity index (χ1v) is 16.2. The Morgan fingerprint density at radius 3 is 1.15 bits per heavy atom. The minimum atomic E-state index is -0.769. The van der Waals surface area contributed by atoms with E-state index in [-0.39, 0.29) is 24.0 Å². The fraction of sp³-hybridized carbons (Fsp3) is 0.400. The van der Waals surface area contributed by atoms with Gasteiger partial charge in [0.1, 0.15) is 48.9 Å². The maximum absolute atomic E-state index is 10.5. The van der Waals surface area contributed by atoms with Gasteiger partial charge in [-0.05, 0) is 77.2 Å². The molecule has 1 N–H and O–H groups in total. The van der Waals surface area contributed by atoms with Crippen LogP contribution < -0.4 is 18.9 Å². The molecule has 246 valence electrons. The van der Waals surface area contributed by atoms with Crippen molar-refractivity contribution in [3.8, 4) is 23.0 Å². The van der Waals surface area contributed by atoms with Crippen LogP contribution >= 0.6 is 0 Å². The molecular weight excluding hydrogens is 576 g/mol. The Hall–Kier alpha value is -4.00. The highest BCUT2D eigenvalue weighted by atomic mass is 16.5. The molecule has 0 spiro atoms. The summed E-state index contributed by atoms with van der Waals surface area (Å²) in [5.41, 5.74) is 4.37. The first kappa shape index (κ1) is 34.9. The minimum Gasteiger partial charge on any atom is -0.494 e. The minimum absolute atomic E-state index is 0.135. The first-order chi connectivity index (χ1) is 22.1. The third kappa shape index (κ3) is 9.51. The summed E-state index contributed by atoms with van der Waals surface area (Å²) >= 11 is 0. The molecule has 0 radical (unpaired) electrons. The predicted octanol–water partition coefficient (Wildman–Crippen LogP) is 8.36. The largest absolute Gasteiger partial charge is 0.494 e. The molecule has 0 aliphatic rings. The fourth-order valence-electron chi connectivity index (χ4n) is 5.21. The molecule has 6 nitrogen and oxygen atoms in total. The van der Waals surface area contributed by atoms with Gasteiger partial charge in [0.05, 0.1) is 13.2 Å². The van der Waals surface area contributed by atoms with Gasteiger partial charge < -0.3 is 28.8 Å². The molecule has 46 heavy (non-hydrogen) atoms. The van der Waals surface area contributed by atoms with E-state index < -0.39 is 6.10 Å². The predicted molar refractivity (Wildman–Crippen MR) is 185 cm³/mol. The van der Waals surface area contributed by atoms with E-state index in [1.165, 1.54) is 16.7 Å². The summed E-state index contributed by atoms with van der Waals surface area (Å²) < 4.78 is 28.3. The first-order valence-electron chi connectivity index (χ1n) is 16.2. The zero-order chi connectivity index (χ0) is 33.0. The number of benzene rings is 4. The van der Waals surface area contributed by atoms with E-state index in [1.807, 2.05) is 48.5 Å². The summed E-state index contributed by atoms with van der Waals surface area (Å²) in [6.07, 6.45) is 1.41. The monoisotopic (exact) mass is 626 g/mol. The Bertz CT molecular complexity index is 1330. The molecule has 1 unspecified atom stereocenters. The van der Waals surface area contributed by atoms with E-state index >= 15 is 0 Å². The summed E-state index contributed by atoms with van der Waals surface area (Å²) in [7, 11) is 1.66. The van der Waals surface area contributed by atoms with Crippen LogP contribution in [0.3, 0.4) is 0 Å². The van der Waals surface area contributed by atoms with Gasteiger partial charge in [0.15, 0.2) is 0 Å². The van der Waals surface area contributed by atoms with Crippen molar-refractivity contribution in [1.82, 2.24) is 0 Å². The summed E-state index contributed by atoms with van der Waals surface area (Å²) in [6, 6.07) is 32.6. The quantitative estimate of drug-likeness (QED) is 0.112. The molecular formula is C40H50O6. The molecule has 6 heteroatoms. The topological polar surface area (TPSA) is 66.4 Å². The van der Waals surface area contributed by atoms with E-state index in [1.54, 1.807) is 7.11 Å². The number of aliphatic hydroxyl groups excluding tert-OH is 1.